The minimum atomic E-state index is -0.0903. The first kappa shape index (κ1) is 13.4. The lowest BCUT2D eigenvalue weighted by Crippen LogP contribution is -2.18. The maximum Gasteiger partial charge on any atom is 0.180 e. The molecule has 1 aliphatic carbocycles. The summed E-state index contributed by atoms with van der Waals surface area (Å²) < 4.78 is 5.30. The van der Waals surface area contributed by atoms with E-state index in [9.17, 15) is 4.79 Å². The van der Waals surface area contributed by atoms with Crippen molar-refractivity contribution >= 4 is 17.4 Å². The van der Waals surface area contributed by atoms with Crippen molar-refractivity contribution < 1.29 is 9.53 Å². The van der Waals surface area contributed by atoms with Crippen LogP contribution < -0.4 is 10.5 Å². The summed E-state index contributed by atoms with van der Waals surface area (Å²) in [7, 11) is 1.54. The number of carbonyl (C=O) groups excluding carboxylic acids is 1. The van der Waals surface area contributed by atoms with Gasteiger partial charge >= 0.3 is 0 Å². The molecule has 3 nitrogen and oxygen atoms in total. The molecule has 0 heterocycles. The van der Waals surface area contributed by atoms with Gasteiger partial charge in [-0.25, -0.2) is 0 Å². The number of ketones is 1. The molecule has 0 amide bonds. The van der Waals surface area contributed by atoms with E-state index in [4.69, 9.17) is 22.1 Å². The predicted molar refractivity (Wildman–Crippen MR) is 72.6 cm³/mol. The number of methoxy groups -OCH3 is 1. The average molecular weight is 268 g/mol. The zero-order valence-corrected chi connectivity index (χ0v) is 11.3. The van der Waals surface area contributed by atoms with Gasteiger partial charge in [0.05, 0.1) is 24.2 Å². The van der Waals surface area contributed by atoms with Gasteiger partial charge in [0.1, 0.15) is 5.75 Å². The summed E-state index contributed by atoms with van der Waals surface area (Å²) in [6, 6.07) is 1.94. The number of fused-ring (bicyclic) bond motifs is 1. The highest BCUT2D eigenvalue weighted by Gasteiger charge is 2.23. The fourth-order valence-corrected chi connectivity index (χ4v) is 2.93. The summed E-state index contributed by atoms with van der Waals surface area (Å²) in [5.74, 6) is 0.389. The van der Waals surface area contributed by atoms with Crippen molar-refractivity contribution in [2.24, 2.45) is 5.73 Å². The van der Waals surface area contributed by atoms with Gasteiger partial charge in [0, 0.05) is 0 Å². The van der Waals surface area contributed by atoms with Crippen molar-refractivity contribution in [3.8, 4) is 5.75 Å². The van der Waals surface area contributed by atoms with Gasteiger partial charge in [-0.2, -0.15) is 0 Å². The fourth-order valence-electron chi connectivity index (χ4n) is 2.62. The number of hydrogen-bond donors (Lipinski definition) is 1. The lowest BCUT2D eigenvalue weighted by molar-refractivity contribution is 0.0997. The Morgan fingerprint density at radius 3 is 2.78 bits per heavy atom. The number of halogens is 1. The summed E-state index contributed by atoms with van der Waals surface area (Å²) in [5.41, 5.74) is 8.37. The quantitative estimate of drug-likeness (QED) is 0.677. The van der Waals surface area contributed by atoms with Gasteiger partial charge in [0.15, 0.2) is 5.78 Å². The maximum absolute atomic E-state index is 12.1. The van der Waals surface area contributed by atoms with Crippen LogP contribution in [0.4, 0.5) is 0 Å². The summed E-state index contributed by atoms with van der Waals surface area (Å²) >= 11 is 6.20. The van der Waals surface area contributed by atoms with E-state index in [1.807, 2.05) is 6.07 Å². The van der Waals surface area contributed by atoms with Crippen LogP contribution in [0.15, 0.2) is 6.07 Å². The minimum Gasteiger partial charge on any atom is -0.494 e. The van der Waals surface area contributed by atoms with Gasteiger partial charge in [-0.15, -0.1) is 0 Å². The second kappa shape index (κ2) is 5.72. The molecule has 1 aromatic rings. The molecule has 98 valence electrons. The molecule has 18 heavy (non-hydrogen) atoms. The van der Waals surface area contributed by atoms with Crippen LogP contribution in [-0.2, 0) is 12.8 Å². The monoisotopic (exact) mass is 267 g/mol. The van der Waals surface area contributed by atoms with Crippen LogP contribution in [0.25, 0.3) is 0 Å². The van der Waals surface area contributed by atoms with Gasteiger partial charge in [0.2, 0.25) is 0 Å². The second-order valence-corrected chi connectivity index (χ2v) is 5.00. The molecule has 4 heteroatoms. The Balaban J connectivity index is 2.64. The second-order valence-electron chi connectivity index (χ2n) is 4.59. The zero-order valence-electron chi connectivity index (χ0n) is 10.6. The third-order valence-electron chi connectivity index (χ3n) is 3.48. The zero-order chi connectivity index (χ0) is 13.1. The number of benzene rings is 1. The molecule has 1 aromatic carbocycles. The number of nitrogens with two attached hydrogens (primary N) is 1. The van der Waals surface area contributed by atoms with E-state index in [0.29, 0.717) is 16.3 Å². The van der Waals surface area contributed by atoms with Crippen LogP contribution in [0.5, 0.6) is 5.75 Å². The molecular formula is C14H18ClNO2. The van der Waals surface area contributed by atoms with Crippen molar-refractivity contribution in [1.82, 2.24) is 0 Å². The molecule has 1 aliphatic rings. The van der Waals surface area contributed by atoms with Crippen LogP contribution in [0, 0.1) is 0 Å². The Labute approximate surface area is 112 Å². The molecule has 0 aliphatic heterocycles. The third-order valence-corrected chi connectivity index (χ3v) is 3.76. The molecule has 2 rings (SSSR count). The highest BCUT2D eigenvalue weighted by molar-refractivity contribution is 6.33. The van der Waals surface area contributed by atoms with E-state index < -0.39 is 0 Å². The number of carbonyl (C=O) groups is 1. The molecule has 0 spiro atoms. The van der Waals surface area contributed by atoms with Crippen molar-refractivity contribution in [1.29, 1.82) is 0 Å². The minimum absolute atomic E-state index is 0.0108. The van der Waals surface area contributed by atoms with Gasteiger partial charge in [0.25, 0.3) is 0 Å². The number of Topliss-reactive ketones (excluding diaryl/α,β-unsaturated/α-hetero) is 1. The van der Waals surface area contributed by atoms with Crippen molar-refractivity contribution in [2.75, 3.05) is 13.7 Å². The van der Waals surface area contributed by atoms with E-state index in [1.54, 1.807) is 0 Å². The smallest absolute Gasteiger partial charge is 0.180 e. The maximum atomic E-state index is 12.1. The molecule has 0 fully saturated rings. The summed E-state index contributed by atoms with van der Waals surface area (Å²) in [5, 5.41) is 0.509. The number of ether oxygens (including phenoxy) is 1. The number of aryl methyl sites for hydroxylation is 1. The van der Waals surface area contributed by atoms with Crippen molar-refractivity contribution in [3.63, 3.8) is 0 Å². The Bertz CT molecular complexity index is 471. The standard InChI is InChI=1S/C14H18ClNO2/c1-18-14-11(15)7-9-5-3-2-4-6-10(9)13(14)12(17)8-16/h7H,2-6,8,16H2,1H3. The Hall–Kier alpha value is -1.06. The SMILES string of the molecule is COc1c(Cl)cc2c(c1C(=O)CN)CCCCC2. The molecule has 2 N–H and O–H groups in total. The summed E-state index contributed by atoms with van der Waals surface area (Å²) in [6.45, 7) is -0.0108. The lowest BCUT2D eigenvalue weighted by Gasteiger charge is -2.16. The molecule has 0 unspecified atom stereocenters. The largest absolute Gasteiger partial charge is 0.494 e. The molecule has 0 radical (unpaired) electrons. The highest BCUT2D eigenvalue weighted by Crippen LogP contribution is 2.36. The van der Waals surface area contributed by atoms with E-state index in [1.165, 1.54) is 19.1 Å². The molecule has 0 aromatic heterocycles. The van der Waals surface area contributed by atoms with Gasteiger partial charge in [-0.1, -0.05) is 18.0 Å². The number of hydrogen-bond acceptors (Lipinski definition) is 3. The van der Waals surface area contributed by atoms with Crippen molar-refractivity contribution in [3.05, 3.63) is 27.8 Å². The normalized spacial score (nSPS) is 14.8. The Morgan fingerprint density at radius 1 is 1.39 bits per heavy atom. The van der Waals surface area contributed by atoms with E-state index in [2.05, 4.69) is 0 Å². The summed E-state index contributed by atoms with van der Waals surface area (Å²) in [6.07, 6.45) is 5.31. The van der Waals surface area contributed by atoms with Gasteiger partial charge < -0.3 is 10.5 Å². The van der Waals surface area contributed by atoms with Gasteiger partial charge in [-0.05, 0) is 42.9 Å². The average Bonchev–Trinajstić information content (AvgIpc) is 2.61. The van der Waals surface area contributed by atoms with E-state index >= 15 is 0 Å². The van der Waals surface area contributed by atoms with E-state index in [0.717, 1.165) is 31.2 Å². The topological polar surface area (TPSA) is 52.3 Å². The van der Waals surface area contributed by atoms with Crippen LogP contribution in [0.2, 0.25) is 5.02 Å². The summed E-state index contributed by atoms with van der Waals surface area (Å²) in [4.78, 5) is 12.1. The predicted octanol–water partition coefficient (Wildman–Crippen LogP) is 2.76. The fraction of sp³-hybridized carbons (Fsp3) is 0.500. The number of rotatable bonds is 3. The van der Waals surface area contributed by atoms with Crippen LogP contribution in [-0.4, -0.2) is 19.4 Å². The van der Waals surface area contributed by atoms with Crippen molar-refractivity contribution in [2.45, 2.75) is 32.1 Å². The molecule has 0 saturated heterocycles. The molecule has 0 atom stereocenters. The first-order valence-electron chi connectivity index (χ1n) is 6.30. The Kier molecular flexibility index (Phi) is 4.25. The van der Waals surface area contributed by atoms with Gasteiger partial charge in [-0.3, -0.25) is 4.79 Å². The molecular weight excluding hydrogens is 250 g/mol. The van der Waals surface area contributed by atoms with Crippen LogP contribution in [0.1, 0.15) is 40.7 Å². The molecule has 0 saturated carbocycles. The lowest BCUT2D eigenvalue weighted by atomic mass is 9.93. The van der Waals surface area contributed by atoms with Crippen LogP contribution >= 0.6 is 11.6 Å². The van der Waals surface area contributed by atoms with E-state index in [-0.39, 0.29) is 12.3 Å². The van der Waals surface area contributed by atoms with Crippen LogP contribution in [0.3, 0.4) is 0 Å². The first-order valence-corrected chi connectivity index (χ1v) is 6.68. The Morgan fingerprint density at radius 2 is 2.11 bits per heavy atom. The highest BCUT2D eigenvalue weighted by atomic mass is 35.5. The third kappa shape index (κ3) is 2.38. The molecule has 0 bridgehead atoms. The first-order chi connectivity index (χ1) is 8.69.